The van der Waals surface area contributed by atoms with Gasteiger partial charge in [0.1, 0.15) is 6.04 Å². The molecule has 0 aliphatic heterocycles. The fourth-order valence-corrected chi connectivity index (χ4v) is 6.21. The molecular formula is C35H31F3N4O5S. The number of aromatic nitrogens is 2. The lowest BCUT2D eigenvalue weighted by atomic mass is 9.99. The number of nitrogens with one attached hydrogen (secondary N) is 1. The second kappa shape index (κ2) is 14.2. The first-order chi connectivity index (χ1) is 22.8. The Hall–Kier alpha value is -5.27. The Balaban J connectivity index is 1.41. The number of nitrogens with zero attached hydrogens (tertiary/aromatic N) is 3. The number of carboxylic acids is 1. The molecule has 0 bridgehead atoms. The Morgan fingerprint density at radius 2 is 1.35 bits per heavy atom. The van der Waals surface area contributed by atoms with E-state index >= 15 is 0 Å². The van der Waals surface area contributed by atoms with Crippen molar-refractivity contribution in [1.29, 1.82) is 0 Å². The molecule has 9 nitrogen and oxygen atoms in total. The number of H-pyrrole nitrogens is 1. The van der Waals surface area contributed by atoms with Crippen molar-refractivity contribution >= 4 is 21.9 Å². The van der Waals surface area contributed by atoms with E-state index in [9.17, 15) is 36.3 Å². The minimum absolute atomic E-state index is 0.0587. The molecule has 0 aliphatic rings. The Morgan fingerprint density at radius 1 is 0.812 bits per heavy atom. The standard InChI is InChI=1S/C35H31F3N4O5S/c1-41(48(46,47)32-22-39-23-40-32)19-20-42(31(34(44)45)21-24-7-9-26(10-8-24)25-5-3-2-4-6-25)33(43)29-13-11-27(12-14-29)28-15-17-30(18-16-28)35(36,37)38/h2-18,22-23,31H,19-21H2,1H3,(H,39,40)(H,44,45). The summed E-state index contributed by atoms with van der Waals surface area (Å²) in [5.74, 6) is -1.94. The van der Waals surface area contributed by atoms with E-state index in [-0.39, 0.29) is 30.1 Å². The molecule has 0 spiro atoms. The van der Waals surface area contributed by atoms with Crippen LogP contribution in [0.3, 0.4) is 0 Å². The SMILES string of the molecule is CN(CCN(C(=O)c1ccc(-c2ccc(C(F)(F)F)cc2)cc1)C(Cc1ccc(-c2ccccc2)cc1)C(=O)O)S(=O)(=O)c1cnc[nH]1. The van der Waals surface area contributed by atoms with E-state index in [4.69, 9.17) is 0 Å². The number of aliphatic carboxylic acids is 1. The predicted molar refractivity (Wildman–Crippen MR) is 173 cm³/mol. The number of likely N-dealkylation sites (N-methyl/N-ethyl adjacent to an activating group) is 1. The highest BCUT2D eigenvalue weighted by molar-refractivity contribution is 7.89. The number of benzene rings is 4. The molecule has 1 atom stereocenters. The van der Waals surface area contributed by atoms with Crippen LogP contribution in [-0.2, 0) is 27.4 Å². The molecule has 0 saturated carbocycles. The van der Waals surface area contributed by atoms with E-state index in [1.807, 2.05) is 42.5 Å². The summed E-state index contributed by atoms with van der Waals surface area (Å²) in [5, 5.41) is 10.2. The summed E-state index contributed by atoms with van der Waals surface area (Å²) in [6.45, 7) is -0.490. The van der Waals surface area contributed by atoms with E-state index in [1.54, 1.807) is 24.3 Å². The van der Waals surface area contributed by atoms with Crippen LogP contribution in [0.4, 0.5) is 13.2 Å². The Kier molecular flexibility index (Phi) is 10.1. The third-order valence-corrected chi connectivity index (χ3v) is 9.69. The van der Waals surface area contributed by atoms with Crippen LogP contribution < -0.4 is 0 Å². The summed E-state index contributed by atoms with van der Waals surface area (Å²) >= 11 is 0. The van der Waals surface area contributed by atoms with Gasteiger partial charge in [-0.1, -0.05) is 78.9 Å². The fourth-order valence-electron chi connectivity index (χ4n) is 5.16. The normalized spacial score (nSPS) is 12.5. The molecule has 5 rings (SSSR count). The maximum absolute atomic E-state index is 14.0. The van der Waals surface area contributed by atoms with Gasteiger partial charge in [-0.25, -0.2) is 18.2 Å². The molecule has 1 unspecified atom stereocenters. The van der Waals surface area contributed by atoms with Gasteiger partial charge < -0.3 is 15.0 Å². The average Bonchev–Trinajstić information content (AvgIpc) is 3.64. The van der Waals surface area contributed by atoms with Crippen molar-refractivity contribution in [2.45, 2.75) is 23.7 Å². The Bertz CT molecular complexity index is 1950. The number of hydrogen-bond acceptors (Lipinski definition) is 5. The average molecular weight is 677 g/mol. The number of carbonyl (C=O) groups excluding carboxylic acids is 1. The third kappa shape index (κ3) is 7.81. The molecule has 0 radical (unpaired) electrons. The first-order valence-electron chi connectivity index (χ1n) is 14.7. The monoisotopic (exact) mass is 676 g/mol. The number of amides is 1. The Morgan fingerprint density at radius 3 is 1.88 bits per heavy atom. The van der Waals surface area contributed by atoms with E-state index in [2.05, 4.69) is 9.97 Å². The summed E-state index contributed by atoms with van der Waals surface area (Å²) in [6, 6.07) is 26.2. The fraction of sp³-hybridized carbons (Fsp3) is 0.171. The third-order valence-electron chi connectivity index (χ3n) is 7.91. The smallest absolute Gasteiger partial charge is 0.416 e. The maximum Gasteiger partial charge on any atom is 0.416 e. The van der Waals surface area contributed by atoms with Gasteiger partial charge in [0.15, 0.2) is 5.03 Å². The highest BCUT2D eigenvalue weighted by Crippen LogP contribution is 2.31. The zero-order chi connectivity index (χ0) is 34.5. The van der Waals surface area contributed by atoms with Gasteiger partial charge in [-0.2, -0.15) is 17.5 Å². The van der Waals surface area contributed by atoms with Crippen LogP contribution in [0.15, 0.2) is 121 Å². The summed E-state index contributed by atoms with van der Waals surface area (Å²) in [6.07, 6.45) is -2.17. The highest BCUT2D eigenvalue weighted by Gasteiger charge is 2.33. The number of rotatable bonds is 12. The maximum atomic E-state index is 14.0. The zero-order valence-electron chi connectivity index (χ0n) is 25.6. The second-order valence-electron chi connectivity index (χ2n) is 11.0. The van der Waals surface area contributed by atoms with Crippen LogP contribution in [0.5, 0.6) is 0 Å². The molecule has 2 N–H and O–H groups in total. The van der Waals surface area contributed by atoms with Crippen molar-refractivity contribution in [3.63, 3.8) is 0 Å². The van der Waals surface area contributed by atoms with E-state index < -0.39 is 39.7 Å². The first kappa shape index (κ1) is 34.1. The molecular weight excluding hydrogens is 645 g/mol. The number of carbonyl (C=O) groups is 2. The van der Waals surface area contributed by atoms with Crippen molar-refractivity contribution in [2.75, 3.05) is 20.1 Å². The zero-order valence-corrected chi connectivity index (χ0v) is 26.4. The van der Waals surface area contributed by atoms with Crippen molar-refractivity contribution in [1.82, 2.24) is 19.2 Å². The molecule has 13 heteroatoms. The lowest BCUT2D eigenvalue weighted by Crippen LogP contribution is -2.49. The Labute approximate surface area is 275 Å². The van der Waals surface area contributed by atoms with Gasteiger partial charge in [-0.15, -0.1) is 0 Å². The predicted octanol–water partition coefficient (Wildman–Crippen LogP) is 6.22. The molecule has 248 valence electrons. The van der Waals surface area contributed by atoms with Crippen LogP contribution in [-0.4, -0.2) is 70.8 Å². The topological polar surface area (TPSA) is 124 Å². The number of halogens is 3. The molecule has 5 aromatic rings. The van der Waals surface area contributed by atoms with Gasteiger partial charge in [0.05, 0.1) is 18.1 Å². The number of aromatic amines is 1. The van der Waals surface area contributed by atoms with Crippen LogP contribution in [0.2, 0.25) is 0 Å². The van der Waals surface area contributed by atoms with Crippen LogP contribution in [0.1, 0.15) is 21.5 Å². The largest absolute Gasteiger partial charge is 0.480 e. The molecule has 48 heavy (non-hydrogen) atoms. The highest BCUT2D eigenvalue weighted by atomic mass is 32.2. The van der Waals surface area contributed by atoms with Crippen LogP contribution >= 0.6 is 0 Å². The van der Waals surface area contributed by atoms with Crippen LogP contribution in [0, 0.1) is 0 Å². The lowest BCUT2D eigenvalue weighted by Gasteiger charge is -2.31. The minimum atomic E-state index is -4.48. The van der Waals surface area contributed by atoms with Crippen molar-refractivity contribution in [3.8, 4) is 22.3 Å². The van der Waals surface area contributed by atoms with Gasteiger partial charge in [0.2, 0.25) is 0 Å². The lowest BCUT2D eigenvalue weighted by molar-refractivity contribution is -0.142. The molecule has 0 aliphatic carbocycles. The summed E-state index contributed by atoms with van der Waals surface area (Å²) < 4.78 is 66.1. The molecule has 4 aromatic carbocycles. The molecule has 1 heterocycles. The van der Waals surface area contributed by atoms with Gasteiger partial charge in [0.25, 0.3) is 15.9 Å². The van der Waals surface area contributed by atoms with Crippen molar-refractivity contribution in [3.05, 3.63) is 132 Å². The van der Waals surface area contributed by atoms with E-state index in [0.29, 0.717) is 16.7 Å². The van der Waals surface area contributed by atoms with Gasteiger partial charge >= 0.3 is 12.1 Å². The molecule has 1 amide bonds. The minimum Gasteiger partial charge on any atom is -0.480 e. The number of imidazole rings is 1. The number of sulfonamides is 1. The summed E-state index contributed by atoms with van der Waals surface area (Å²) in [7, 11) is -2.69. The first-order valence-corrected chi connectivity index (χ1v) is 16.2. The number of alkyl halides is 3. The van der Waals surface area contributed by atoms with Crippen molar-refractivity contribution in [2.24, 2.45) is 0 Å². The second-order valence-corrected chi connectivity index (χ2v) is 13.0. The molecule has 0 fully saturated rings. The van der Waals surface area contributed by atoms with E-state index in [0.717, 1.165) is 38.7 Å². The molecule has 0 saturated heterocycles. The number of hydrogen-bond donors (Lipinski definition) is 2. The van der Waals surface area contributed by atoms with Gasteiger partial charge in [-0.05, 0) is 52.1 Å². The quantitative estimate of drug-likeness (QED) is 0.162. The summed E-state index contributed by atoms with van der Waals surface area (Å²) in [5.41, 5.74) is 2.93. The molecule has 1 aromatic heterocycles. The van der Waals surface area contributed by atoms with Crippen molar-refractivity contribution < 1.29 is 36.3 Å². The summed E-state index contributed by atoms with van der Waals surface area (Å²) in [4.78, 5) is 34.1. The van der Waals surface area contributed by atoms with E-state index in [1.165, 1.54) is 37.6 Å². The van der Waals surface area contributed by atoms with Gasteiger partial charge in [-0.3, -0.25) is 4.79 Å². The van der Waals surface area contributed by atoms with Gasteiger partial charge in [0, 0.05) is 32.1 Å². The van der Waals surface area contributed by atoms with Crippen LogP contribution in [0.25, 0.3) is 22.3 Å². The number of carboxylic acid groups (broad SMARTS) is 1.